The molecule has 1 heterocycles. The molecule has 1 saturated heterocycles. The number of amidine groups is 1. The van der Waals surface area contributed by atoms with Crippen LogP contribution in [0.15, 0.2) is 4.99 Å². The first-order chi connectivity index (χ1) is 7.61. The topological polar surface area (TPSA) is 77.9 Å². The molecule has 0 aromatic rings. The van der Waals surface area contributed by atoms with E-state index >= 15 is 0 Å². The van der Waals surface area contributed by atoms with Crippen molar-refractivity contribution in [3.8, 4) is 0 Å². The molecule has 16 heavy (non-hydrogen) atoms. The number of piperazine rings is 1. The number of nitrogens with one attached hydrogen (secondary N) is 1. The van der Waals surface area contributed by atoms with Crippen LogP contribution in [0.3, 0.4) is 0 Å². The Kier molecular flexibility index (Phi) is 5.37. The predicted octanol–water partition coefficient (Wildman–Crippen LogP) is -0.439. The molecule has 1 aliphatic heterocycles. The molecule has 6 nitrogen and oxygen atoms in total. The summed E-state index contributed by atoms with van der Waals surface area (Å²) in [6.07, 6.45) is 0.733. The predicted molar refractivity (Wildman–Crippen MR) is 64.9 cm³/mol. The van der Waals surface area contributed by atoms with Gasteiger partial charge >= 0.3 is 0 Å². The lowest BCUT2D eigenvalue weighted by atomic mass is 10.3. The fourth-order valence-electron chi connectivity index (χ4n) is 1.47. The highest BCUT2D eigenvalue weighted by molar-refractivity contribution is 6.27. The molecule has 0 aromatic carbocycles. The van der Waals surface area contributed by atoms with E-state index < -0.39 is 0 Å². The summed E-state index contributed by atoms with van der Waals surface area (Å²) in [7, 11) is 2.12. The highest BCUT2D eigenvalue weighted by Gasteiger charge is 2.14. The van der Waals surface area contributed by atoms with Crippen LogP contribution in [0.2, 0.25) is 0 Å². The Morgan fingerprint density at radius 2 is 2.12 bits per heavy atom. The standard InChI is InChI=1S/C10H21N5O/c1-9(13-10(12)7-11)16-8-15-5-3-14(2)4-6-15/h7,9,11H,3-6,8H2,1-2H3,(H2,12,13). The third kappa shape index (κ3) is 4.69. The van der Waals surface area contributed by atoms with Gasteiger partial charge in [0, 0.05) is 26.2 Å². The summed E-state index contributed by atoms with van der Waals surface area (Å²) >= 11 is 0. The van der Waals surface area contributed by atoms with Crippen LogP contribution in [0.4, 0.5) is 0 Å². The fourth-order valence-corrected chi connectivity index (χ4v) is 1.47. The number of hydrogen-bond donors (Lipinski definition) is 2. The third-order valence-corrected chi connectivity index (χ3v) is 2.57. The lowest BCUT2D eigenvalue weighted by Gasteiger charge is -2.32. The van der Waals surface area contributed by atoms with Gasteiger partial charge in [-0.2, -0.15) is 0 Å². The van der Waals surface area contributed by atoms with Crippen LogP contribution >= 0.6 is 0 Å². The SMILES string of the molecule is CC(N=C(N)C=N)OCN1CCN(C)CC1. The number of likely N-dealkylation sites (N-methyl/N-ethyl adjacent to an activating group) is 1. The molecule has 0 radical (unpaired) electrons. The minimum atomic E-state index is -0.291. The van der Waals surface area contributed by atoms with Crippen LogP contribution in [0, 0.1) is 5.41 Å². The number of aliphatic imine (C=N–C) groups is 1. The molecule has 92 valence electrons. The van der Waals surface area contributed by atoms with Gasteiger partial charge in [0.1, 0.15) is 18.8 Å². The van der Waals surface area contributed by atoms with Crippen molar-refractivity contribution in [3.05, 3.63) is 0 Å². The molecule has 1 fully saturated rings. The molecule has 0 saturated carbocycles. The van der Waals surface area contributed by atoms with Gasteiger partial charge in [-0.3, -0.25) is 4.90 Å². The first-order valence-electron chi connectivity index (χ1n) is 5.48. The first kappa shape index (κ1) is 13.1. The molecule has 1 atom stereocenters. The fraction of sp³-hybridized carbons (Fsp3) is 0.800. The molecule has 6 heteroatoms. The van der Waals surface area contributed by atoms with Crippen molar-refractivity contribution >= 4 is 12.1 Å². The minimum Gasteiger partial charge on any atom is -0.383 e. The number of rotatable bonds is 5. The smallest absolute Gasteiger partial charge is 0.149 e. The summed E-state index contributed by atoms with van der Waals surface area (Å²) in [6.45, 7) is 6.59. The van der Waals surface area contributed by atoms with Crippen molar-refractivity contribution in [2.45, 2.75) is 13.2 Å². The Hall–Kier alpha value is -0.980. The van der Waals surface area contributed by atoms with E-state index in [1.165, 1.54) is 0 Å². The van der Waals surface area contributed by atoms with Crippen LogP contribution < -0.4 is 5.73 Å². The molecular weight excluding hydrogens is 206 g/mol. The molecule has 0 aliphatic carbocycles. The molecule has 0 amide bonds. The van der Waals surface area contributed by atoms with E-state index in [4.69, 9.17) is 15.9 Å². The molecule has 0 spiro atoms. The van der Waals surface area contributed by atoms with Gasteiger partial charge < -0.3 is 20.8 Å². The van der Waals surface area contributed by atoms with Gasteiger partial charge in [0.25, 0.3) is 0 Å². The lowest BCUT2D eigenvalue weighted by molar-refractivity contribution is -0.0258. The van der Waals surface area contributed by atoms with Crippen molar-refractivity contribution in [2.24, 2.45) is 10.7 Å². The molecule has 0 bridgehead atoms. The van der Waals surface area contributed by atoms with Gasteiger partial charge in [0.05, 0.1) is 6.21 Å². The van der Waals surface area contributed by atoms with E-state index in [1.807, 2.05) is 6.92 Å². The zero-order valence-electron chi connectivity index (χ0n) is 10.0. The van der Waals surface area contributed by atoms with Gasteiger partial charge in [0.2, 0.25) is 0 Å². The highest BCUT2D eigenvalue weighted by Crippen LogP contribution is 2.01. The van der Waals surface area contributed by atoms with Gasteiger partial charge in [-0.25, -0.2) is 4.99 Å². The van der Waals surface area contributed by atoms with Crippen LogP contribution in [-0.4, -0.2) is 68.0 Å². The quantitative estimate of drug-likeness (QED) is 0.493. The van der Waals surface area contributed by atoms with E-state index in [0.717, 1.165) is 32.4 Å². The average Bonchev–Trinajstić information content (AvgIpc) is 2.28. The Bertz CT molecular complexity index is 248. The van der Waals surface area contributed by atoms with Gasteiger partial charge in [0.15, 0.2) is 0 Å². The number of ether oxygens (including phenoxy) is 1. The largest absolute Gasteiger partial charge is 0.383 e. The van der Waals surface area contributed by atoms with E-state index in [1.54, 1.807) is 0 Å². The summed E-state index contributed by atoms with van der Waals surface area (Å²) in [5.74, 6) is 0.200. The van der Waals surface area contributed by atoms with Crippen molar-refractivity contribution in [2.75, 3.05) is 40.0 Å². The highest BCUT2D eigenvalue weighted by atomic mass is 16.5. The summed E-state index contributed by atoms with van der Waals surface area (Å²) in [4.78, 5) is 8.53. The molecular formula is C10H21N5O. The van der Waals surface area contributed by atoms with E-state index in [-0.39, 0.29) is 12.1 Å². The molecule has 1 unspecified atom stereocenters. The van der Waals surface area contributed by atoms with E-state index in [2.05, 4.69) is 21.8 Å². The van der Waals surface area contributed by atoms with Crippen LogP contribution in [0.1, 0.15) is 6.92 Å². The molecule has 1 rings (SSSR count). The average molecular weight is 227 g/mol. The summed E-state index contributed by atoms with van der Waals surface area (Å²) in [6, 6.07) is 0. The molecule has 1 aliphatic rings. The number of nitrogens with two attached hydrogens (primary N) is 1. The normalized spacial score (nSPS) is 22.0. The van der Waals surface area contributed by atoms with Crippen LogP contribution in [0.5, 0.6) is 0 Å². The van der Waals surface area contributed by atoms with E-state index in [9.17, 15) is 0 Å². The van der Waals surface area contributed by atoms with Crippen molar-refractivity contribution in [1.29, 1.82) is 5.41 Å². The second-order valence-corrected chi connectivity index (χ2v) is 4.01. The first-order valence-corrected chi connectivity index (χ1v) is 5.48. The zero-order chi connectivity index (χ0) is 12.0. The van der Waals surface area contributed by atoms with Crippen LogP contribution in [-0.2, 0) is 4.74 Å². The minimum absolute atomic E-state index is 0.200. The Balaban J connectivity index is 2.21. The summed E-state index contributed by atoms with van der Waals surface area (Å²) < 4.78 is 5.53. The van der Waals surface area contributed by atoms with Gasteiger partial charge in [-0.15, -0.1) is 0 Å². The second-order valence-electron chi connectivity index (χ2n) is 4.01. The maximum Gasteiger partial charge on any atom is 0.149 e. The maximum absolute atomic E-state index is 6.90. The van der Waals surface area contributed by atoms with Gasteiger partial charge in [-0.05, 0) is 14.0 Å². The van der Waals surface area contributed by atoms with E-state index in [0.29, 0.717) is 6.73 Å². The summed E-state index contributed by atoms with van der Waals surface area (Å²) in [5, 5.41) is 6.90. The number of hydrogen-bond acceptors (Lipinski definition) is 5. The van der Waals surface area contributed by atoms with Crippen LogP contribution in [0.25, 0.3) is 0 Å². The maximum atomic E-state index is 6.90. The lowest BCUT2D eigenvalue weighted by Crippen LogP contribution is -2.45. The van der Waals surface area contributed by atoms with Gasteiger partial charge in [-0.1, -0.05) is 0 Å². The summed E-state index contributed by atoms with van der Waals surface area (Å²) in [5.41, 5.74) is 5.41. The Morgan fingerprint density at radius 1 is 1.50 bits per heavy atom. The third-order valence-electron chi connectivity index (χ3n) is 2.57. The van der Waals surface area contributed by atoms with Crippen molar-refractivity contribution in [3.63, 3.8) is 0 Å². The second kappa shape index (κ2) is 6.57. The molecule has 3 N–H and O–H groups in total. The molecule has 0 aromatic heterocycles. The Morgan fingerprint density at radius 3 is 2.69 bits per heavy atom. The monoisotopic (exact) mass is 227 g/mol. The van der Waals surface area contributed by atoms with Crippen molar-refractivity contribution in [1.82, 2.24) is 9.80 Å². The van der Waals surface area contributed by atoms with Crippen molar-refractivity contribution < 1.29 is 4.74 Å². The zero-order valence-corrected chi connectivity index (χ0v) is 10.0. The number of nitrogens with zero attached hydrogens (tertiary/aromatic N) is 3. The Labute approximate surface area is 96.6 Å².